The minimum Gasteiger partial charge on any atom is -0.254 e. The van der Waals surface area contributed by atoms with E-state index in [1.807, 2.05) is 12.4 Å². The summed E-state index contributed by atoms with van der Waals surface area (Å²) in [5, 5.41) is 0. The number of aromatic nitrogens is 2. The molecule has 2 nitrogen and oxygen atoms in total. The zero-order chi connectivity index (χ0) is 23.8. The zero-order valence-electron chi connectivity index (χ0n) is 21.4. The van der Waals surface area contributed by atoms with Crippen LogP contribution in [-0.4, -0.2) is 26.1 Å². The van der Waals surface area contributed by atoms with Crippen LogP contribution in [0.5, 0.6) is 0 Å². The molecule has 0 fully saturated rings. The third-order valence-electron chi connectivity index (χ3n) is 6.42. The van der Waals surface area contributed by atoms with Crippen molar-refractivity contribution in [3.63, 3.8) is 0 Å². The van der Waals surface area contributed by atoms with Crippen molar-refractivity contribution in [1.82, 2.24) is 9.97 Å². The number of allylic oxidation sites excluding steroid dienone is 2. The lowest BCUT2D eigenvalue weighted by Crippen LogP contribution is -2.23. The van der Waals surface area contributed by atoms with Crippen LogP contribution in [0.1, 0.15) is 35.1 Å². The molecule has 0 radical (unpaired) electrons. The van der Waals surface area contributed by atoms with Gasteiger partial charge in [0.15, 0.2) is 0 Å². The van der Waals surface area contributed by atoms with E-state index in [2.05, 4.69) is 77.5 Å². The van der Waals surface area contributed by atoms with Gasteiger partial charge in [0.05, 0.1) is 27.5 Å². The smallest absolute Gasteiger partial charge is 0.0921 e. The lowest BCUT2D eigenvalue weighted by Gasteiger charge is -2.21. The third-order valence-corrected chi connectivity index (χ3v) is 12.6. The molecule has 32 heavy (non-hydrogen) atoms. The quantitative estimate of drug-likeness (QED) is 0.219. The largest absolute Gasteiger partial charge is 0.254 e. The highest BCUT2D eigenvalue weighted by atomic mass is 28.3. The maximum atomic E-state index is 4.90. The number of hydrogen-bond donors (Lipinski definition) is 0. The van der Waals surface area contributed by atoms with E-state index in [9.17, 15) is 0 Å². The molecule has 0 N–H and O–H groups in total. The van der Waals surface area contributed by atoms with Gasteiger partial charge in [-0.25, -0.2) is 0 Å². The maximum absolute atomic E-state index is 4.90. The summed E-state index contributed by atoms with van der Waals surface area (Å²) in [6.45, 7) is 22.1. The van der Waals surface area contributed by atoms with E-state index in [4.69, 9.17) is 9.97 Å². The van der Waals surface area contributed by atoms with E-state index in [1.165, 1.54) is 59.3 Å². The van der Waals surface area contributed by atoms with Crippen molar-refractivity contribution in [2.45, 2.75) is 89.9 Å². The van der Waals surface area contributed by atoms with Crippen molar-refractivity contribution in [2.75, 3.05) is 0 Å². The first-order valence-electron chi connectivity index (χ1n) is 12.2. The molecule has 2 aromatic heterocycles. The van der Waals surface area contributed by atoms with Crippen molar-refractivity contribution >= 4 is 16.1 Å². The van der Waals surface area contributed by atoms with Gasteiger partial charge in [0.25, 0.3) is 0 Å². The summed E-state index contributed by atoms with van der Waals surface area (Å²) in [6, 6.07) is 9.70. The molecule has 2 heterocycles. The van der Waals surface area contributed by atoms with Crippen molar-refractivity contribution < 1.29 is 0 Å². The van der Waals surface area contributed by atoms with Crippen LogP contribution in [0.4, 0.5) is 0 Å². The van der Waals surface area contributed by atoms with Gasteiger partial charge in [0, 0.05) is 12.4 Å². The summed E-state index contributed by atoms with van der Waals surface area (Å²) in [7, 11) is -2.37. The van der Waals surface area contributed by atoms with Crippen LogP contribution in [0.25, 0.3) is 11.4 Å². The molecule has 0 unspecified atom stereocenters. The SMILES string of the molecule is C=CC[Si](C)(C)CCCc1cc(C)cnc1-c1ncc(C)cc1CCC[Si](C)(C)CC=C. The fourth-order valence-corrected chi connectivity index (χ4v) is 8.81. The van der Waals surface area contributed by atoms with Crippen molar-refractivity contribution in [2.24, 2.45) is 0 Å². The van der Waals surface area contributed by atoms with Crippen molar-refractivity contribution in [1.29, 1.82) is 0 Å². The molecular formula is C28H44N2Si2. The molecule has 0 spiro atoms. The minimum absolute atomic E-state index is 1.08. The van der Waals surface area contributed by atoms with E-state index in [-0.39, 0.29) is 0 Å². The molecule has 0 aliphatic rings. The second-order valence-corrected chi connectivity index (χ2v) is 21.5. The lowest BCUT2D eigenvalue weighted by molar-refractivity contribution is 0.878. The van der Waals surface area contributed by atoms with Gasteiger partial charge in [-0.05, 0) is 61.0 Å². The summed E-state index contributed by atoms with van der Waals surface area (Å²) in [4.78, 5) is 9.81. The molecule has 0 bridgehead atoms. The van der Waals surface area contributed by atoms with Crippen LogP contribution in [0.15, 0.2) is 49.8 Å². The fourth-order valence-electron chi connectivity index (χ4n) is 4.57. The van der Waals surface area contributed by atoms with E-state index in [0.29, 0.717) is 0 Å². The van der Waals surface area contributed by atoms with Crippen LogP contribution < -0.4 is 0 Å². The molecule has 0 atom stereocenters. The van der Waals surface area contributed by atoms with Crippen molar-refractivity contribution in [3.8, 4) is 11.4 Å². The topological polar surface area (TPSA) is 25.8 Å². The van der Waals surface area contributed by atoms with Gasteiger partial charge in [0.1, 0.15) is 0 Å². The molecule has 0 saturated heterocycles. The first-order valence-corrected chi connectivity index (χ1v) is 19.0. The van der Waals surface area contributed by atoms with Gasteiger partial charge >= 0.3 is 0 Å². The van der Waals surface area contributed by atoms with Crippen LogP contribution in [0.2, 0.25) is 50.4 Å². The summed E-state index contributed by atoms with van der Waals surface area (Å²) < 4.78 is 0. The number of pyridine rings is 2. The highest BCUT2D eigenvalue weighted by Crippen LogP contribution is 2.29. The Morgan fingerprint density at radius 1 is 0.719 bits per heavy atom. The Morgan fingerprint density at radius 2 is 1.09 bits per heavy atom. The van der Waals surface area contributed by atoms with Gasteiger partial charge in [-0.2, -0.15) is 0 Å². The van der Waals surface area contributed by atoms with Crippen LogP contribution in [0.3, 0.4) is 0 Å². The highest BCUT2D eigenvalue weighted by Gasteiger charge is 2.21. The summed E-state index contributed by atoms with van der Waals surface area (Å²) in [5.74, 6) is 0. The van der Waals surface area contributed by atoms with E-state index < -0.39 is 16.1 Å². The first-order chi connectivity index (χ1) is 15.1. The summed E-state index contributed by atoms with van der Waals surface area (Å²) >= 11 is 0. The number of rotatable bonds is 13. The second-order valence-electron chi connectivity index (χ2n) is 11.1. The van der Waals surface area contributed by atoms with Gasteiger partial charge in [-0.3, -0.25) is 9.97 Å². The molecular weight excluding hydrogens is 420 g/mol. The van der Waals surface area contributed by atoms with Crippen molar-refractivity contribution in [3.05, 3.63) is 72.1 Å². The molecule has 0 aliphatic carbocycles. The van der Waals surface area contributed by atoms with Crippen LogP contribution in [-0.2, 0) is 12.8 Å². The second kappa shape index (κ2) is 11.9. The number of aryl methyl sites for hydroxylation is 4. The standard InChI is InChI=1S/C28H44N2Si2/c1-9-15-31(5,6)17-11-13-25-19-23(3)21-29-27(25)28-26(20-24(4)22-30-28)14-12-18-32(7,8)16-10-2/h9-10,19-22H,1-2,11-18H2,3-8H3. The van der Waals surface area contributed by atoms with E-state index >= 15 is 0 Å². The average molecular weight is 465 g/mol. The molecule has 2 rings (SSSR count). The number of nitrogens with zero attached hydrogens (tertiary/aromatic N) is 2. The Labute approximate surface area is 199 Å². The average Bonchev–Trinajstić information content (AvgIpc) is 2.68. The van der Waals surface area contributed by atoms with Gasteiger partial charge in [-0.15, -0.1) is 13.2 Å². The Balaban J connectivity index is 2.25. The fraction of sp³-hybridized carbons (Fsp3) is 0.500. The molecule has 0 saturated carbocycles. The number of hydrogen-bond acceptors (Lipinski definition) is 2. The normalized spacial score (nSPS) is 12.1. The lowest BCUT2D eigenvalue weighted by atomic mass is 9.98. The molecule has 2 aromatic rings. The summed E-state index contributed by atoms with van der Waals surface area (Å²) in [5.41, 5.74) is 7.36. The van der Waals surface area contributed by atoms with Crippen LogP contribution in [0, 0.1) is 13.8 Å². The molecule has 4 heteroatoms. The Hall–Kier alpha value is -1.79. The zero-order valence-corrected chi connectivity index (χ0v) is 23.4. The third kappa shape index (κ3) is 8.29. The van der Waals surface area contributed by atoms with Crippen LogP contribution >= 0.6 is 0 Å². The van der Waals surface area contributed by atoms with Gasteiger partial charge < -0.3 is 0 Å². The monoisotopic (exact) mass is 464 g/mol. The molecule has 174 valence electrons. The maximum Gasteiger partial charge on any atom is 0.0921 e. The van der Waals surface area contributed by atoms with E-state index in [1.54, 1.807) is 0 Å². The Bertz CT molecular complexity index is 840. The minimum atomic E-state index is -1.19. The first kappa shape index (κ1) is 26.5. The molecule has 0 aliphatic heterocycles. The highest BCUT2D eigenvalue weighted by molar-refractivity contribution is 6.78. The van der Waals surface area contributed by atoms with Gasteiger partial charge in [-0.1, -0.05) is 75.4 Å². The Morgan fingerprint density at radius 3 is 1.44 bits per heavy atom. The predicted molar refractivity (Wildman–Crippen MR) is 148 cm³/mol. The summed E-state index contributed by atoms with van der Waals surface area (Å²) in [6.07, 6.45) is 12.8. The predicted octanol–water partition coefficient (Wildman–Crippen LogP) is 8.41. The Kier molecular flexibility index (Phi) is 9.84. The molecule has 0 amide bonds. The van der Waals surface area contributed by atoms with E-state index in [0.717, 1.165) is 24.2 Å². The van der Waals surface area contributed by atoms with Gasteiger partial charge in [0.2, 0.25) is 0 Å². The molecule has 0 aromatic carbocycles.